The van der Waals surface area contributed by atoms with Gasteiger partial charge in [0.05, 0.1) is 5.57 Å². The fourth-order valence-electron chi connectivity index (χ4n) is 0.817. The molecule has 3 heteroatoms. The van der Waals surface area contributed by atoms with Gasteiger partial charge < -0.3 is 10.2 Å². The molecule has 0 heterocycles. The fourth-order valence-corrected chi connectivity index (χ4v) is 0.817. The zero-order valence-electron chi connectivity index (χ0n) is 6.32. The number of carbonyl (C=O) groups is 1. The molecule has 0 aromatic heterocycles. The summed E-state index contributed by atoms with van der Waals surface area (Å²) in [6.07, 6.45) is 0. The maximum absolute atomic E-state index is 10.4. The van der Waals surface area contributed by atoms with Crippen LogP contribution in [0.3, 0.4) is 0 Å². The zero-order valence-corrected chi connectivity index (χ0v) is 6.32. The van der Waals surface area contributed by atoms with E-state index >= 15 is 0 Å². The zero-order chi connectivity index (χ0) is 9.14. The summed E-state index contributed by atoms with van der Waals surface area (Å²) in [4.78, 5) is 10.4. The van der Waals surface area contributed by atoms with Crippen LogP contribution >= 0.6 is 0 Å². The van der Waals surface area contributed by atoms with Gasteiger partial charge in [0, 0.05) is 0 Å². The number of benzene rings is 1. The van der Waals surface area contributed by atoms with Gasteiger partial charge in [-0.05, 0) is 17.7 Å². The van der Waals surface area contributed by atoms with Gasteiger partial charge in [0.15, 0.2) is 0 Å². The van der Waals surface area contributed by atoms with Crippen LogP contribution in [0.1, 0.15) is 5.56 Å². The van der Waals surface area contributed by atoms with Crippen LogP contribution in [-0.4, -0.2) is 16.2 Å². The number of carboxylic acids is 1. The third kappa shape index (κ3) is 1.63. The van der Waals surface area contributed by atoms with E-state index in [-0.39, 0.29) is 11.3 Å². The summed E-state index contributed by atoms with van der Waals surface area (Å²) in [7, 11) is 0. The first kappa shape index (κ1) is 8.33. The number of aliphatic carboxylic acids is 1. The molecule has 0 fully saturated rings. The van der Waals surface area contributed by atoms with Gasteiger partial charge in [0.25, 0.3) is 0 Å². The number of hydrogen-bond acceptors (Lipinski definition) is 2. The molecule has 0 aliphatic carbocycles. The van der Waals surface area contributed by atoms with Crippen molar-refractivity contribution in [3.05, 3.63) is 36.4 Å². The average molecular weight is 164 g/mol. The normalized spacial score (nSPS) is 9.33. The predicted molar refractivity (Wildman–Crippen MR) is 44.8 cm³/mol. The van der Waals surface area contributed by atoms with Gasteiger partial charge in [-0.15, -0.1) is 0 Å². The summed E-state index contributed by atoms with van der Waals surface area (Å²) in [5, 5.41) is 17.6. The van der Waals surface area contributed by atoms with E-state index in [9.17, 15) is 4.79 Å². The smallest absolute Gasteiger partial charge is 0.335 e. The second-order valence-electron chi connectivity index (χ2n) is 2.33. The van der Waals surface area contributed by atoms with Gasteiger partial charge in [-0.2, -0.15) is 0 Å². The Morgan fingerprint density at radius 1 is 1.42 bits per heavy atom. The quantitative estimate of drug-likeness (QED) is 0.651. The van der Waals surface area contributed by atoms with Crippen LogP contribution in [0, 0.1) is 0 Å². The molecule has 12 heavy (non-hydrogen) atoms. The molecule has 0 unspecified atom stereocenters. The standard InChI is InChI=1S/C9H8O3/c1-6(9(11)12)7-3-2-4-8(10)5-7/h2-5,10H,1H2,(H,11,12). The number of aromatic hydroxyl groups is 1. The number of carboxylic acid groups (broad SMARTS) is 1. The van der Waals surface area contributed by atoms with Crippen molar-refractivity contribution in [1.29, 1.82) is 0 Å². The van der Waals surface area contributed by atoms with E-state index in [2.05, 4.69) is 6.58 Å². The van der Waals surface area contributed by atoms with Crippen molar-refractivity contribution in [2.75, 3.05) is 0 Å². The lowest BCUT2D eigenvalue weighted by Gasteiger charge is -1.99. The van der Waals surface area contributed by atoms with E-state index < -0.39 is 5.97 Å². The number of phenols is 1. The van der Waals surface area contributed by atoms with E-state index in [0.717, 1.165) is 0 Å². The van der Waals surface area contributed by atoms with Crippen molar-refractivity contribution in [2.45, 2.75) is 0 Å². The maximum Gasteiger partial charge on any atom is 0.335 e. The lowest BCUT2D eigenvalue weighted by atomic mass is 10.1. The lowest BCUT2D eigenvalue weighted by Crippen LogP contribution is -1.97. The second-order valence-corrected chi connectivity index (χ2v) is 2.33. The first-order chi connectivity index (χ1) is 5.61. The Labute approximate surface area is 69.6 Å². The highest BCUT2D eigenvalue weighted by Gasteiger charge is 2.06. The summed E-state index contributed by atoms with van der Waals surface area (Å²) in [6, 6.07) is 5.98. The molecule has 0 saturated heterocycles. The average Bonchev–Trinajstić information content (AvgIpc) is 2.03. The predicted octanol–water partition coefficient (Wildman–Crippen LogP) is 1.49. The minimum Gasteiger partial charge on any atom is -0.508 e. The van der Waals surface area contributed by atoms with Crippen LogP contribution in [0.15, 0.2) is 30.8 Å². The molecular weight excluding hydrogens is 156 g/mol. The molecule has 0 spiro atoms. The number of phenolic OH excluding ortho intramolecular Hbond substituents is 1. The van der Waals surface area contributed by atoms with Crippen LogP contribution < -0.4 is 0 Å². The highest BCUT2D eigenvalue weighted by molar-refractivity contribution is 6.14. The minimum atomic E-state index is -1.08. The van der Waals surface area contributed by atoms with E-state index in [0.29, 0.717) is 5.56 Å². The lowest BCUT2D eigenvalue weighted by molar-refractivity contribution is -0.130. The van der Waals surface area contributed by atoms with Crippen LogP contribution in [-0.2, 0) is 4.79 Å². The summed E-state index contributed by atoms with van der Waals surface area (Å²) < 4.78 is 0. The van der Waals surface area contributed by atoms with Crippen molar-refractivity contribution in [1.82, 2.24) is 0 Å². The highest BCUT2D eigenvalue weighted by atomic mass is 16.4. The van der Waals surface area contributed by atoms with Crippen molar-refractivity contribution in [3.63, 3.8) is 0 Å². The van der Waals surface area contributed by atoms with Gasteiger partial charge >= 0.3 is 5.97 Å². The molecular formula is C9H8O3. The van der Waals surface area contributed by atoms with Gasteiger partial charge in [-0.1, -0.05) is 18.7 Å². The summed E-state index contributed by atoms with van der Waals surface area (Å²) in [6.45, 7) is 3.35. The molecule has 62 valence electrons. The fraction of sp³-hybridized carbons (Fsp3) is 0. The van der Waals surface area contributed by atoms with Crippen molar-refractivity contribution >= 4 is 11.5 Å². The molecule has 0 atom stereocenters. The molecule has 0 saturated carbocycles. The molecule has 2 N–H and O–H groups in total. The molecule has 1 aromatic rings. The Morgan fingerprint density at radius 2 is 2.08 bits per heavy atom. The van der Waals surface area contributed by atoms with Gasteiger partial charge in [-0.3, -0.25) is 0 Å². The van der Waals surface area contributed by atoms with E-state index in [1.54, 1.807) is 12.1 Å². The van der Waals surface area contributed by atoms with Crippen LogP contribution in [0.4, 0.5) is 0 Å². The molecule has 0 aliphatic rings. The van der Waals surface area contributed by atoms with E-state index in [1.807, 2.05) is 0 Å². The topological polar surface area (TPSA) is 57.5 Å². The third-order valence-corrected chi connectivity index (χ3v) is 1.45. The Balaban J connectivity index is 3.04. The highest BCUT2D eigenvalue weighted by Crippen LogP contribution is 2.17. The monoisotopic (exact) mass is 164 g/mol. The first-order valence-electron chi connectivity index (χ1n) is 3.33. The second kappa shape index (κ2) is 3.09. The molecule has 0 bridgehead atoms. The van der Waals surface area contributed by atoms with Crippen LogP contribution in [0.2, 0.25) is 0 Å². The maximum atomic E-state index is 10.4. The van der Waals surface area contributed by atoms with E-state index in [4.69, 9.17) is 10.2 Å². The molecule has 0 radical (unpaired) electrons. The minimum absolute atomic E-state index is 0.0223. The van der Waals surface area contributed by atoms with Crippen molar-refractivity contribution < 1.29 is 15.0 Å². The van der Waals surface area contributed by atoms with Crippen LogP contribution in [0.5, 0.6) is 5.75 Å². The SMILES string of the molecule is C=C(C(=O)O)c1cccc(O)c1. The van der Waals surface area contributed by atoms with Gasteiger partial charge in [-0.25, -0.2) is 4.79 Å². The van der Waals surface area contributed by atoms with Crippen molar-refractivity contribution in [2.24, 2.45) is 0 Å². The first-order valence-corrected chi connectivity index (χ1v) is 3.33. The third-order valence-electron chi connectivity index (χ3n) is 1.45. The van der Waals surface area contributed by atoms with Gasteiger partial charge in [0.2, 0.25) is 0 Å². The Kier molecular flexibility index (Phi) is 2.14. The summed E-state index contributed by atoms with van der Waals surface area (Å²) in [5.74, 6) is -1.05. The molecule has 0 aliphatic heterocycles. The molecule has 1 aromatic carbocycles. The number of hydrogen-bond donors (Lipinski definition) is 2. The Hall–Kier alpha value is -1.77. The molecule has 1 rings (SSSR count). The largest absolute Gasteiger partial charge is 0.508 e. The summed E-state index contributed by atoms with van der Waals surface area (Å²) >= 11 is 0. The Bertz CT molecular complexity index is 328. The Morgan fingerprint density at radius 3 is 2.58 bits per heavy atom. The molecule has 3 nitrogen and oxygen atoms in total. The van der Waals surface area contributed by atoms with E-state index in [1.165, 1.54) is 12.1 Å². The summed E-state index contributed by atoms with van der Waals surface area (Å²) in [5.41, 5.74) is 0.397. The van der Waals surface area contributed by atoms with Gasteiger partial charge in [0.1, 0.15) is 5.75 Å². The molecule has 0 amide bonds. The number of rotatable bonds is 2. The van der Waals surface area contributed by atoms with Crippen LogP contribution in [0.25, 0.3) is 5.57 Å². The van der Waals surface area contributed by atoms with Crippen molar-refractivity contribution in [3.8, 4) is 5.75 Å².